The molecule has 1 aromatic heterocycles. The predicted molar refractivity (Wildman–Crippen MR) is 136 cm³/mol. The van der Waals surface area contributed by atoms with E-state index in [1.165, 1.54) is 0 Å². The number of oxazole rings is 1. The van der Waals surface area contributed by atoms with Crippen molar-refractivity contribution < 1.29 is 23.4 Å². The molecule has 4 rings (SSSR count). The van der Waals surface area contributed by atoms with Gasteiger partial charge in [0.1, 0.15) is 6.26 Å². The van der Waals surface area contributed by atoms with Crippen molar-refractivity contribution in [1.29, 1.82) is 0 Å². The largest absolute Gasteiger partial charge is 0.493 e. The van der Waals surface area contributed by atoms with Gasteiger partial charge in [0.25, 0.3) is 0 Å². The Balaban J connectivity index is 1.49. The summed E-state index contributed by atoms with van der Waals surface area (Å²) < 4.78 is 21.6. The molecule has 35 heavy (non-hydrogen) atoms. The van der Waals surface area contributed by atoms with Crippen LogP contribution in [-0.2, 0) is 11.2 Å². The number of hydrogen-bond donors (Lipinski definition) is 0. The van der Waals surface area contributed by atoms with Gasteiger partial charge in [0, 0.05) is 17.5 Å². The Morgan fingerprint density at radius 1 is 0.914 bits per heavy atom. The summed E-state index contributed by atoms with van der Waals surface area (Å²) in [5.41, 5.74) is 5.90. The summed E-state index contributed by atoms with van der Waals surface area (Å²) in [7, 11) is 4.67. The maximum atomic E-state index is 12.6. The number of aryl methyl sites for hydroxylation is 1. The van der Waals surface area contributed by atoms with Gasteiger partial charge in [0.2, 0.25) is 11.6 Å². The van der Waals surface area contributed by atoms with Crippen molar-refractivity contribution in [1.82, 2.24) is 4.98 Å². The number of nitrogens with zero attached hydrogens (tertiary/aromatic N) is 1. The zero-order valence-electron chi connectivity index (χ0n) is 20.2. The SMILES string of the molecule is COc1ccc(/C=C/C(=O)Cc2ccc(-c3cc(-c4ncco4)ccc3C)cc2)c(OC)c1OC. The minimum atomic E-state index is -0.0170. The van der Waals surface area contributed by atoms with Gasteiger partial charge in [-0.1, -0.05) is 30.3 Å². The summed E-state index contributed by atoms with van der Waals surface area (Å²) in [5.74, 6) is 2.14. The lowest BCUT2D eigenvalue weighted by molar-refractivity contribution is -0.113. The van der Waals surface area contributed by atoms with Gasteiger partial charge >= 0.3 is 0 Å². The fourth-order valence-corrected chi connectivity index (χ4v) is 3.93. The first-order valence-electron chi connectivity index (χ1n) is 11.1. The van der Waals surface area contributed by atoms with Crippen molar-refractivity contribution in [2.24, 2.45) is 0 Å². The van der Waals surface area contributed by atoms with Crippen LogP contribution in [0.1, 0.15) is 16.7 Å². The number of ether oxygens (including phenoxy) is 3. The van der Waals surface area contributed by atoms with Gasteiger partial charge in [-0.2, -0.15) is 0 Å². The summed E-state index contributed by atoms with van der Waals surface area (Å²) in [6.45, 7) is 2.07. The average molecular weight is 470 g/mol. The van der Waals surface area contributed by atoms with E-state index in [4.69, 9.17) is 18.6 Å². The predicted octanol–water partition coefficient (Wildman–Crippen LogP) is 6.17. The van der Waals surface area contributed by atoms with E-state index < -0.39 is 0 Å². The molecule has 0 radical (unpaired) electrons. The van der Waals surface area contributed by atoms with Gasteiger partial charge in [0.15, 0.2) is 17.3 Å². The smallest absolute Gasteiger partial charge is 0.225 e. The van der Waals surface area contributed by atoms with Crippen LogP contribution in [0.5, 0.6) is 17.2 Å². The van der Waals surface area contributed by atoms with Crippen LogP contribution in [0.25, 0.3) is 28.7 Å². The molecule has 4 aromatic rings. The Bertz CT molecular complexity index is 1340. The minimum Gasteiger partial charge on any atom is -0.493 e. The van der Waals surface area contributed by atoms with E-state index in [9.17, 15) is 4.79 Å². The standard InChI is InChI=1S/C29H27NO5/c1-19-5-8-23(29-30-15-16-35-29)18-25(19)21-9-6-20(7-10-21)17-24(31)13-11-22-12-14-26(32-2)28(34-4)27(22)33-3/h5-16,18H,17H2,1-4H3/b13-11+. The normalized spacial score (nSPS) is 11.0. The van der Waals surface area contributed by atoms with Gasteiger partial charge in [-0.3, -0.25) is 4.79 Å². The molecule has 3 aromatic carbocycles. The first-order chi connectivity index (χ1) is 17.0. The van der Waals surface area contributed by atoms with Crippen molar-refractivity contribution >= 4 is 11.9 Å². The molecule has 0 bridgehead atoms. The lowest BCUT2D eigenvalue weighted by atomic mass is 9.96. The average Bonchev–Trinajstić information content (AvgIpc) is 3.42. The third-order valence-electron chi connectivity index (χ3n) is 5.74. The molecular formula is C29H27NO5. The zero-order valence-corrected chi connectivity index (χ0v) is 20.2. The fraction of sp³-hybridized carbons (Fsp3) is 0.172. The number of rotatable bonds is 9. The molecule has 0 saturated heterocycles. The van der Waals surface area contributed by atoms with Crippen molar-refractivity contribution in [3.63, 3.8) is 0 Å². The van der Waals surface area contributed by atoms with Crippen LogP contribution in [0, 0.1) is 6.92 Å². The lowest BCUT2D eigenvalue weighted by Gasteiger charge is -2.13. The Labute approximate surface area is 204 Å². The number of benzene rings is 3. The van der Waals surface area contributed by atoms with E-state index in [1.807, 2.05) is 36.4 Å². The number of aromatic nitrogens is 1. The van der Waals surface area contributed by atoms with E-state index >= 15 is 0 Å². The van der Waals surface area contributed by atoms with Gasteiger partial charge in [0.05, 0.1) is 27.5 Å². The summed E-state index contributed by atoms with van der Waals surface area (Å²) in [6, 6.07) is 17.8. The number of carbonyl (C=O) groups excluding carboxylic acids is 1. The van der Waals surface area contributed by atoms with Crippen LogP contribution in [0.15, 0.2) is 77.6 Å². The van der Waals surface area contributed by atoms with Crippen molar-refractivity contribution in [2.75, 3.05) is 21.3 Å². The molecule has 0 aliphatic heterocycles. The second-order valence-corrected chi connectivity index (χ2v) is 7.96. The highest BCUT2D eigenvalue weighted by Crippen LogP contribution is 2.40. The monoisotopic (exact) mass is 469 g/mol. The number of allylic oxidation sites excluding steroid dienone is 1. The Kier molecular flexibility index (Phi) is 7.31. The molecule has 1 heterocycles. The molecule has 178 valence electrons. The van der Waals surface area contributed by atoms with Gasteiger partial charge in [-0.25, -0.2) is 4.98 Å². The van der Waals surface area contributed by atoms with Crippen LogP contribution in [0.2, 0.25) is 0 Å². The third kappa shape index (κ3) is 5.27. The highest BCUT2D eigenvalue weighted by molar-refractivity contribution is 5.95. The molecule has 0 N–H and O–H groups in total. The van der Waals surface area contributed by atoms with E-state index in [0.29, 0.717) is 29.6 Å². The van der Waals surface area contributed by atoms with Crippen LogP contribution >= 0.6 is 0 Å². The van der Waals surface area contributed by atoms with Crippen molar-refractivity contribution in [3.05, 3.63) is 89.8 Å². The summed E-state index contributed by atoms with van der Waals surface area (Å²) >= 11 is 0. The fourth-order valence-electron chi connectivity index (χ4n) is 3.93. The zero-order chi connectivity index (χ0) is 24.8. The molecule has 0 unspecified atom stereocenters. The molecule has 0 saturated carbocycles. The molecule has 6 nitrogen and oxygen atoms in total. The molecule has 0 amide bonds. The van der Waals surface area contributed by atoms with E-state index in [2.05, 4.69) is 24.0 Å². The second-order valence-electron chi connectivity index (χ2n) is 7.96. The Morgan fingerprint density at radius 2 is 1.66 bits per heavy atom. The van der Waals surface area contributed by atoms with E-state index in [0.717, 1.165) is 33.4 Å². The van der Waals surface area contributed by atoms with Gasteiger partial charge in [-0.05, 0) is 65.6 Å². The second kappa shape index (κ2) is 10.7. The molecule has 0 aliphatic carbocycles. The third-order valence-corrected chi connectivity index (χ3v) is 5.74. The minimum absolute atomic E-state index is 0.0170. The molecular weight excluding hydrogens is 442 g/mol. The number of hydrogen-bond acceptors (Lipinski definition) is 6. The topological polar surface area (TPSA) is 70.8 Å². The lowest BCUT2D eigenvalue weighted by Crippen LogP contribution is -1.99. The van der Waals surface area contributed by atoms with Crippen LogP contribution in [0.3, 0.4) is 0 Å². The maximum absolute atomic E-state index is 12.6. The van der Waals surface area contributed by atoms with Crippen molar-refractivity contribution in [2.45, 2.75) is 13.3 Å². The Hall–Kier alpha value is -4.32. The van der Waals surface area contributed by atoms with Crippen LogP contribution < -0.4 is 14.2 Å². The van der Waals surface area contributed by atoms with E-state index in [-0.39, 0.29) is 5.78 Å². The number of carbonyl (C=O) groups is 1. The molecule has 0 atom stereocenters. The van der Waals surface area contributed by atoms with Gasteiger partial charge < -0.3 is 18.6 Å². The quantitative estimate of drug-likeness (QED) is 0.273. The highest BCUT2D eigenvalue weighted by atomic mass is 16.5. The van der Waals surface area contributed by atoms with Gasteiger partial charge in [-0.15, -0.1) is 0 Å². The van der Waals surface area contributed by atoms with E-state index in [1.54, 1.807) is 52.0 Å². The first-order valence-corrected chi connectivity index (χ1v) is 11.1. The molecule has 0 fully saturated rings. The molecule has 6 heteroatoms. The number of ketones is 1. The Morgan fingerprint density at radius 3 is 2.31 bits per heavy atom. The molecule has 0 aliphatic rings. The van der Waals surface area contributed by atoms with Crippen LogP contribution in [0.4, 0.5) is 0 Å². The highest BCUT2D eigenvalue weighted by Gasteiger charge is 2.14. The first kappa shape index (κ1) is 23.8. The van der Waals surface area contributed by atoms with Crippen molar-refractivity contribution in [3.8, 4) is 39.8 Å². The summed E-state index contributed by atoms with van der Waals surface area (Å²) in [4.78, 5) is 16.9. The molecule has 0 spiro atoms. The summed E-state index contributed by atoms with van der Waals surface area (Å²) in [6.07, 6.45) is 6.78. The number of methoxy groups -OCH3 is 3. The van der Waals surface area contributed by atoms with Crippen LogP contribution in [-0.4, -0.2) is 32.1 Å². The maximum Gasteiger partial charge on any atom is 0.225 e. The summed E-state index contributed by atoms with van der Waals surface area (Å²) in [5, 5.41) is 0.